The Balaban J connectivity index is 4.48. The van der Waals surface area contributed by atoms with Gasteiger partial charge < -0.3 is 14.2 Å². The largest absolute Gasteiger partial charge is 0.462 e. The molecule has 81 heavy (non-hydrogen) atoms. The molecule has 0 aromatic rings. The first kappa shape index (κ1) is 75.8. The van der Waals surface area contributed by atoms with Crippen molar-refractivity contribution in [3.8, 4) is 0 Å². The summed E-state index contributed by atoms with van der Waals surface area (Å²) in [6.45, 7) is 6.35. The number of rotatable bonds is 57. The van der Waals surface area contributed by atoms with E-state index in [9.17, 15) is 14.4 Å². The number of hydrogen-bond acceptors (Lipinski definition) is 6. The predicted molar refractivity (Wildman–Crippen MR) is 352 cm³/mol. The van der Waals surface area contributed by atoms with E-state index in [2.05, 4.69) is 191 Å². The van der Waals surface area contributed by atoms with Gasteiger partial charge in [0.25, 0.3) is 0 Å². The van der Waals surface area contributed by atoms with Crippen LogP contribution in [0.2, 0.25) is 0 Å². The molecule has 0 N–H and O–H groups in total. The summed E-state index contributed by atoms with van der Waals surface area (Å²) in [5.41, 5.74) is 0. The third kappa shape index (κ3) is 65.5. The van der Waals surface area contributed by atoms with Crippen LogP contribution >= 0.6 is 0 Å². The highest BCUT2D eigenvalue weighted by atomic mass is 16.6. The van der Waals surface area contributed by atoms with Crippen LogP contribution in [-0.4, -0.2) is 37.2 Å². The quantitative estimate of drug-likeness (QED) is 0.0261. The summed E-state index contributed by atoms with van der Waals surface area (Å²) in [6.07, 6.45) is 99.3. The van der Waals surface area contributed by atoms with Gasteiger partial charge in [-0.15, -0.1) is 0 Å². The van der Waals surface area contributed by atoms with Crippen LogP contribution in [0.5, 0.6) is 0 Å². The second-order valence-electron chi connectivity index (χ2n) is 20.9. The highest BCUT2D eigenvalue weighted by molar-refractivity contribution is 5.71. The van der Waals surface area contributed by atoms with E-state index in [1.165, 1.54) is 64.2 Å². The molecule has 0 aliphatic rings. The minimum Gasteiger partial charge on any atom is -0.462 e. The number of carbonyl (C=O) groups excluding carboxylic acids is 3. The van der Waals surface area contributed by atoms with Gasteiger partial charge in [0, 0.05) is 19.3 Å². The van der Waals surface area contributed by atoms with Gasteiger partial charge in [0.15, 0.2) is 6.10 Å². The number of esters is 3. The van der Waals surface area contributed by atoms with Crippen LogP contribution in [0.25, 0.3) is 0 Å². The minimum absolute atomic E-state index is 0.110. The van der Waals surface area contributed by atoms with E-state index in [0.29, 0.717) is 19.3 Å². The molecule has 0 fully saturated rings. The van der Waals surface area contributed by atoms with Crippen LogP contribution in [0.3, 0.4) is 0 Å². The summed E-state index contributed by atoms with van der Waals surface area (Å²) in [6, 6.07) is 0. The van der Waals surface area contributed by atoms with Gasteiger partial charge in [-0.25, -0.2) is 0 Å². The molecule has 0 spiro atoms. The molecule has 0 radical (unpaired) electrons. The smallest absolute Gasteiger partial charge is 0.306 e. The lowest BCUT2D eigenvalue weighted by atomic mass is 10.0. The molecular formula is C75H118O6. The van der Waals surface area contributed by atoms with E-state index in [4.69, 9.17) is 14.2 Å². The Kier molecular flexibility index (Phi) is 62.9. The Labute approximate surface area is 498 Å². The van der Waals surface area contributed by atoms with Gasteiger partial charge in [-0.2, -0.15) is 0 Å². The van der Waals surface area contributed by atoms with Crippen LogP contribution in [-0.2, 0) is 28.6 Å². The Morgan fingerprint density at radius 2 is 0.481 bits per heavy atom. The third-order valence-corrected chi connectivity index (χ3v) is 13.2. The lowest BCUT2D eigenvalue weighted by Gasteiger charge is -2.18. The maximum Gasteiger partial charge on any atom is 0.306 e. The van der Waals surface area contributed by atoms with E-state index < -0.39 is 6.10 Å². The Bertz CT molecular complexity index is 1860. The van der Waals surface area contributed by atoms with Gasteiger partial charge in [0.05, 0.1) is 0 Å². The fraction of sp³-hybridized carbons (Fsp3) is 0.587. The van der Waals surface area contributed by atoms with E-state index in [0.717, 1.165) is 154 Å². The fourth-order valence-electron chi connectivity index (χ4n) is 8.40. The zero-order valence-electron chi connectivity index (χ0n) is 52.0. The van der Waals surface area contributed by atoms with Crippen molar-refractivity contribution in [2.24, 2.45) is 0 Å². The SMILES string of the molecule is CC/C=C\C/C=C\C/C=C\C/C=C\C/C=C\C/C=C\C/C=C\C/C=C\CCCCCCC(=O)OCC(COC(=O)CCCCCCCCCCCCCCC)OC(=O)CCCC/C=C\C/C=C\C/C=C\C/C=C\C/C=C\C/C=C\CC. The molecule has 0 heterocycles. The second kappa shape index (κ2) is 67.3. The normalized spacial score (nSPS) is 13.3. The molecular weight excluding hydrogens is 997 g/mol. The van der Waals surface area contributed by atoms with E-state index in [1.54, 1.807) is 0 Å². The standard InChI is InChI=1S/C75H118O6/c1-4-7-10-13-16-19-22-25-27-29-31-33-34-35-36-37-38-39-40-42-43-45-47-50-53-56-59-62-65-68-74(77)80-71-72(70-79-73(76)67-64-61-58-55-52-49-24-21-18-15-12-9-6-3)81-75(78)69-66-63-60-57-54-51-48-46-44-41-32-30-28-26-23-20-17-14-11-8-5-2/h7-8,10-11,16-17,19-20,25-28,31-33,35-36,38-39,41-43,46-48,50,54,57,72H,4-6,9,12-15,18,21-24,29-30,34,37,40,44-45,49,51-53,55-56,58-71H2,1-3H3/b10-7-,11-8-,19-16-,20-17-,27-25-,28-26-,33-31-,36-35-,39-38-,41-32-,43-42-,48-46-,50-47-,57-54-. The van der Waals surface area contributed by atoms with Gasteiger partial charge in [-0.05, 0) is 135 Å². The van der Waals surface area contributed by atoms with Crippen LogP contribution < -0.4 is 0 Å². The van der Waals surface area contributed by atoms with Crippen LogP contribution in [0.1, 0.15) is 265 Å². The molecule has 0 aliphatic heterocycles. The average molecular weight is 1120 g/mol. The zero-order valence-corrected chi connectivity index (χ0v) is 52.0. The molecule has 0 aromatic heterocycles. The highest BCUT2D eigenvalue weighted by Crippen LogP contribution is 2.15. The molecule has 1 atom stereocenters. The third-order valence-electron chi connectivity index (χ3n) is 13.2. The maximum absolute atomic E-state index is 12.9. The first-order valence-corrected chi connectivity index (χ1v) is 32.6. The maximum atomic E-state index is 12.9. The van der Waals surface area contributed by atoms with Crippen molar-refractivity contribution in [3.63, 3.8) is 0 Å². The lowest BCUT2D eigenvalue weighted by molar-refractivity contribution is -0.167. The van der Waals surface area contributed by atoms with Crippen molar-refractivity contribution in [3.05, 3.63) is 170 Å². The summed E-state index contributed by atoms with van der Waals surface area (Å²) in [5, 5.41) is 0. The van der Waals surface area contributed by atoms with Crippen molar-refractivity contribution in [1.82, 2.24) is 0 Å². The Morgan fingerprint density at radius 1 is 0.259 bits per heavy atom. The molecule has 0 saturated carbocycles. The highest BCUT2D eigenvalue weighted by Gasteiger charge is 2.19. The molecule has 0 amide bonds. The topological polar surface area (TPSA) is 78.9 Å². The van der Waals surface area contributed by atoms with E-state index >= 15 is 0 Å². The summed E-state index contributed by atoms with van der Waals surface area (Å²) in [7, 11) is 0. The second-order valence-corrected chi connectivity index (χ2v) is 20.9. The van der Waals surface area contributed by atoms with Crippen molar-refractivity contribution in [1.29, 1.82) is 0 Å². The number of allylic oxidation sites excluding steroid dienone is 28. The van der Waals surface area contributed by atoms with Crippen molar-refractivity contribution in [2.45, 2.75) is 271 Å². The summed E-state index contributed by atoms with van der Waals surface area (Å²) < 4.78 is 16.9. The molecule has 6 nitrogen and oxygen atoms in total. The predicted octanol–water partition coefficient (Wildman–Crippen LogP) is 22.7. The van der Waals surface area contributed by atoms with Crippen LogP contribution in [0.4, 0.5) is 0 Å². The number of carbonyl (C=O) groups is 3. The van der Waals surface area contributed by atoms with E-state index in [1.807, 2.05) is 0 Å². The fourth-order valence-corrected chi connectivity index (χ4v) is 8.40. The lowest BCUT2D eigenvalue weighted by Crippen LogP contribution is -2.30. The zero-order chi connectivity index (χ0) is 58.5. The van der Waals surface area contributed by atoms with Crippen LogP contribution in [0.15, 0.2) is 170 Å². The first-order chi connectivity index (χ1) is 40.0. The summed E-state index contributed by atoms with van der Waals surface area (Å²) in [4.78, 5) is 38.3. The van der Waals surface area contributed by atoms with E-state index in [-0.39, 0.29) is 37.5 Å². The molecule has 0 saturated heterocycles. The molecule has 0 aliphatic carbocycles. The van der Waals surface area contributed by atoms with Gasteiger partial charge in [-0.3, -0.25) is 14.4 Å². The van der Waals surface area contributed by atoms with Crippen molar-refractivity contribution in [2.75, 3.05) is 13.2 Å². The van der Waals surface area contributed by atoms with Crippen molar-refractivity contribution >= 4 is 17.9 Å². The van der Waals surface area contributed by atoms with Crippen LogP contribution in [0, 0.1) is 0 Å². The molecule has 454 valence electrons. The number of hydrogen-bond donors (Lipinski definition) is 0. The van der Waals surface area contributed by atoms with Gasteiger partial charge in [0.2, 0.25) is 0 Å². The summed E-state index contributed by atoms with van der Waals surface area (Å²) in [5.74, 6) is -0.983. The molecule has 0 bridgehead atoms. The monoisotopic (exact) mass is 1110 g/mol. The molecule has 1 unspecified atom stereocenters. The van der Waals surface area contributed by atoms with Crippen molar-refractivity contribution < 1.29 is 28.6 Å². The number of unbranched alkanes of at least 4 members (excludes halogenated alkanes) is 18. The Morgan fingerprint density at radius 3 is 0.778 bits per heavy atom. The average Bonchev–Trinajstić information content (AvgIpc) is 3.46. The molecule has 6 heteroatoms. The molecule has 0 aromatic carbocycles. The Hall–Kier alpha value is -5.23. The first-order valence-electron chi connectivity index (χ1n) is 32.6. The minimum atomic E-state index is -0.821. The molecule has 0 rings (SSSR count). The summed E-state index contributed by atoms with van der Waals surface area (Å²) >= 11 is 0. The van der Waals surface area contributed by atoms with Gasteiger partial charge in [0.1, 0.15) is 13.2 Å². The number of ether oxygens (including phenoxy) is 3. The van der Waals surface area contributed by atoms with Gasteiger partial charge in [-0.1, -0.05) is 281 Å². The van der Waals surface area contributed by atoms with Gasteiger partial charge >= 0.3 is 17.9 Å².